The van der Waals surface area contributed by atoms with E-state index >= 15 is 0 Å². The Kier molecular flexibility index (Phi) is 3.40. The van der Waals surface area contributed by atoms with Crippen LogP contribution in [-0.4, -0.2) is 18.7 Å². The molecule has 0 heterocycles. The van der Waals surface area contributed by atoms with E-state index in [2.05, 4.69) is 5.32 Å². The first-order chi connectivity index (χ1) is 6.65. The molecule has 74 valence electrons. The van der Waals surface area contributed by atoms with Crippen molar-refractivity contribution in [1.29, 1.82) is 0 Å². The van der Waals surface area contributed by atoms with Gasteiger partial charge in [-0.15, -0.1) is 0 Å². The number of carbonyl (C=O) groups is 2. The molecule has 0 aliphatic heterocycles. The Bertz CT molecular complexity index is 358. The van der Waals surface area contributed by atoms with Crippen molar-refractivity contribution in [3.8, 4) is 0 Å². The summed E-state index contributed by atoms with van der Waals surface area (Å²) in [6.45, 7) is 3.91. The molecule has 0 aliphatic carbocycles. The van der Waals surface area contributed by atoms with Gasteiger partial charge in [0.2, 0.25) is 0 Å². The summed E-state index contributed by atoms with van der Waals surface area (Å²) < 4.78 is 0. The molecule has 0 saturated heterocycles. The summed E-state index contributed by atoms with van der Waals surface area (Å²) in [6.07, 6.45) is 0.668. The molecule has 3 nitrogen and oxygen atoms in total. The van der Waals surface area contributed by atoms with Crippen LogP contribution in [0.4, 0.5) is 0 Å². The van der Waals surface area contributed by atoms with Gasteiger partial charge < -0.3 is 10.1 Å². The summed E-state index contributed by atoms with van der Waals surface area (Å²) in [5.74, 6) is -0.199. The third kappa shape index (κ3) is 2.42. The second-order valence-electron chi connectivity index (χ2n) is 3.20. The Morgan fingerprint density at radius 3 is 2.71 bits per heavy atom. The Labute approximate surface area is 83.1 Å². The lowest BCUT2D eigenvalue weighted by Gasteiger charge is -2.05. The molecule has 0 atom stereocenters. The number of nitrogens with one attached hydrogen (secondary N) is 1. The smallest absolute Gasteiger partial charge is 0.251 e. The highest BCUT2D eigenvalue weighted by molar-refractivity contribution is 5.96. The fraction of sp³-hybridized carbons (Fsp3) is 0.273. The minimum absolute atomic E-state index is 0.0617. The van der Waals surface area contributed by atoms with Crippen LogP contribution < -0.4 is 5.32 Å². The van der Waals surface area contributed by atoms with E-state index in [1.807, 2.05) is 26.0 Å². The van der Waals surface area contributed by atoms with E-state index < -0.39 is 0 Å². The van der Waals surface area contributed by atoms with Gasteiger partial charge in [0.1, 0.15) is 6.29 Å². The van der Waals surface area contributed by atoms with Gasteiger partial charge in [-0.25, -0.2) is 0 Å². The number of benzene rings is 1. The molecule has 1 N–H and O–H groups in total. The number of hydrogen-bond donors (Lipinski definition) is 1. The van der Waals surface area contributed by atoms with Crippen LogP contribution in [0, 0.1) is 13.8 Å². The summed E-state index contributed by atoms with van der Waals surface area (Å²) >= 11 is 0. The van der Waals surface area contributed by atoms with Gasteiger partial charge in [0, 0.05) is 5.56 Å². The molecule has 0 radical (unpaired) electrons. The quantitative estimate of drug-likeness (QED) is 0.730. The molecule has 1 rings (SSSR count). The highest BCUT2D eigenvalue weighted by atomic mass is 16.2. The van der Waals surface area contributed by atoms with Gasteiger partial charge in [0.05, 0.1) is 6.54 Å². The zero-order valence-corrected chi connectivity index (χ0v) is 8.33. The number of aldehydes is 1. The molecule has 3 heteroatoms. The van der Waals surface area contributed by atoms with Gasteiger partial charge in [-0.3, -0.25) is 4.79 Å². The monoisotopic (exact) mass is 191 g/mol. The van der Waals surface area contributed by atoms with E-state index in [4.69, 9.17) is 0 Å². The minimum Gasteiger partial charge on any atom is -0.345 e. The van der Waals surface area contributed by atoms with E-state index in [1.54, 1.807) is 6.07 Å². The molecule has 14 heavy (non-hydrogen) atoms. The Morgan fingerprint density at radius 2 is 2.14 bits per heavy atom. The lowest BCUT2D eigenvalue weighted by molar-refractivity contribution is -0.107. The molecule has 0 saturated carbocycles. The first-order valence-corrected chi connectivity index (χ1v) is 4.44. The van der Waals surface area contributed by atoms with Crippen molar-refractivity contribution in [3.63, 3.8) is 0 Å². The largest absolute Gasteiger partial charge is 0.345 e. The molecule has 0 bridgehead atoms. The molecule has 0 fully saturated rings. The average molecular weight is 191 g/mol. The van der Waals surface area contributed by atoms with Crippen LogP contribution in [0.25, 0.3) is 0 Å². The summed E-state index contributed by atoms with van der Waals surface area (Å²) in [6, 6.07) is 5.59. The molecule has 0 spiro atoms. The first kappa shape index (κ1) is 10.4. The fourth-order valence-electron chi connectivity index (χ4n) is 1.30. The lowest BCUT2D eigenvalue weighted by Crippen LogP contribution is -2.25. The maximum Gasteiger partial charge on any atom is 0.251 e. The van der Waals surface area contributed by atoms with Gasteiger partial charge in [-0.1, -0.05) is 17.7 Å². The van der Waals surface area contributed by atoms with Crippen LogP contribution >= 0.6 is 0 Å². The van der Waals surface area contributed by atoms with Gasteiger partial charge in [0.25, 0.3) is 5.91 Å². The molecule has 0 aromatic heterocycles. The highest BCUT2D eigenvalue weighted by Gasteiger charge is 2.07. The lowest BCUT2D eigenvalue weighted by atomic mass is 10.1. The second-order valence-corrected chi connectivity index (χ2v) is 3.20. The summed E-state index contributed by atoms with van der Waals surface area (Å²) in [4.78, 5) is 21.5. The van der Waals surface area contributed by atoms with Crippen molar-refractivity contribution in [3.05, 3.63) is 34.9 Å². The van der Waals surface area contributed by atoms with Crippen LogP contribution in [0.1, 0.15) is 21.5 Å². The molecule has 0 aliphatic rings. The summed E-state index contributed by atoms with van der Waals surface area (Å²) in [5.41, 5.74) is 2.67. The van der Waals surface area contributed by atoms with Gasteiger partial charge in [-0.05, 0) is 25.5 Å². The van der Waals surface area contributed by atoms with Gasteiger partial charge in [0.15, 0.2) is 0 Å². The van der Waals surface area contributed by atoms with E-state index in [0.717, 1.165) is 11.1 Å². The molecule has 1 amide bonds. The van der Waals surface area contributed by atoms with Crippen molar-refractivity contribution in [2.24, 2.45) is 0 Å². The zero-order valence-electron chi connectivity index (χ0n) is 8.33. The normalized spacial score (nSPS) is 9.57. The second kappa shape index (κ2) is 4.56. The standard InChI is InChI=1S/C11H13NO2/c1-8-3-4-10(9(2)7-8)11(14)12-5-6-13/h3-4,6-7H,5H2,1-2H3,(H,12,14). The molecule has 1 aromatic rings. The third-order valence-corrected chi connectivity index (χ3v) is 1.97. The fourth-order valence-corrected chi connectivity index (χ4v) is 1.30. The van der Waals surface area contributed by atoms with E-state index in [9.17, 15) is 9.59 Å². The van der Waals surface area contributed by atoms with Crippen molar-refractivity contribution in [2.75, 3.05) is 6.54 Å². The zero-order chi connectivity index (χ0) is 10.6. The van der Waals surface area contributed by atoms with Crippen molar-refractivity contribution in [1.82, 2.24) is 5.32 Å². The molecular weight excluding hydrogens is 178 g/mol. The van der Waals surface area contributed by atoms with E-state index in [-0.39, 0.29) is 12.5 Å². The predicted molar refractivity (Wildman–Crippen MR) is 54.3 cm³/mol. The SMILES string of the molecule is Cc1ccc(C(=O)NCC=O)c(C)c1. The highest BCUT2D eigenvalue weighted by Crippen LogP contribution is 2.09. The summed E-state index contributed by atoms with van der Waals surface area (Å²) in [7, 11) is 0. The van der Waals surface area contributed by atoms with Crippen LogP contribution in [-0.2, 0) is 4.79 Å². The average Bonchev–Trinajstić information content (AvgIpc) is 2.14. The van der Waals surface area contributed by atoms with Crippen molar-refractivity contribution >= 4 is 12.2 Å². The van der Waals surface area contributed by atoms with Crippen LogP contribution in [0.3, 0.4) is 0 Å². The Hall–Kier alpha value is -1.64. The van der Waals surface area contributed by atoms with Crippen molar-refractivity contribution < 1.29 is 9.59 Å². The topological polar surface area (TPSA) is 46.2 Å². The van der Waals surface area contributed by atoms with Gasteiger partial charge >= 0.3 is 0 Å². The van der Waals surface area contributed by atoms with Crippen LogP contribution in [0.2, 0.25) is 0 Å². The molecule has 0 unspecified atom stereocenters. The van der Waals surface area contributed by atoms with E-state index in [0.29, 0.717) is 11.8 Å². The Morgan fingerprint density at radius 1 is 1.43 bits per heavy atom. The first-order valence-electron chi connectivity index (χ1n) is 4.44. The summed E-state index contributed by atoms with van der Waals surface area (Å²) in [5, 5.41) is 2.50. The van der Waals surface area contributed by atoms with E-state index in [1.165, 1.54) is 0 Å². The number of aryl methyl sites for hydroxylation is 2. The molecular formula is C11H13NO2. The number of amides is 1. The number of carbonyl (C=O) groups excluding carboxylic acids is 2. The maximum atomic E-state index is 11.5. The number of hydrogen-bond acceptors (Lipinski definition) is 2. The van der Waals surface area contributed by atoms with Crippen molar-refractivity contribution in [2.45, 2.75) is 13.8 Å². The molecule has 1 aromatic carbocycles. The maximum absolute atomic E-state index is 11.5. The van der Waals surface area contributed by atoms with Crippen LogP contribution in [0.15, 0.2) is 18.2 Å². The Balaban J connectivity index is 2.84. The van der Waals surface area contributed by atoms with Crippen LogP contribution in [0.5, 0.6) is 0 Å². The minimum atomic E-state index is -0.199. The van der Waals surface area contributed by atoms with Gasteiger partial charge in [-0.2, -0.15) is 0 Å². The predicted octanol–water partition coefficient (Wildman–Crippen LogP) is 1.23. The number of rotatable bonds is 3. The third-order valence-electron chi connectivity index (χ3n) is 1.97.